The van der Waals surface area contributed by atoms with Gasteiger partial charge in [-0.3, -0.25) is 4.79 Å². The van der Waals surface area contributed by atoms with Crippen molar-refractivity contribution in [3.8, 4) is 0 Å². The van der Waals surface area contributed by atoms with Crippen LogP contribution in [-0.2, 0) is 9.53 Å². The Morgan fingerprint density at radius 3 is 2.73 bits per heavy atom. The van der Waals surface area contributed by atoms with Gasteiger partial charge in [-0.25, -0.2) is 0 Å². The lowest BCUT2D eigenvalue weighted by Crippen LogP contribution is -2.40. The summed E-state index contributed by atoms with van der Waals surface area (Å²) in [7, 11) is 0. The molecule has 15 heavy (non-hydrogen) atoms. The summed E-state index contributed by atoms with van der Waals surface area (Å²) in [5, 5.41) is 2.97. The zero-order chi connectivity index (χ0) is 11.4. The smallest absolute Gasteiger partial charge is 0.225 e. The van der Waals surface area contributed by atoms with Gasteiger partial charge >= 0.3 is 0 Å². The highest BCUT2D eigenvalue weighted by Gasteiger charge is 2.28. The van der Waals surface area contributed by atoms with Crippen molar-refractivity contribution >= 4 is 5.91 Å². The highest BCUT2D eigenvalue weighted by atomic mass is 16.5. The molecule has 0 saturated carbocycles. The van der Waals surface area contributed by atoms with Gasteiger partial charge in [0.15, 0.2) is 0 Å². The molecule has 1 fully saturated rings. The van der Waals surface area contributed by atoms with Crippen LogP contribution < -0.4 is 11.1 Å². The molecule has 1 amide bonds. The van der Waals surface area contributed by atoms with Gasteiger partial charge in [-0.2, -0.15) is 0 Å². The zero-order valence-electron chi connectivity index (χ0n) is 9.82. The highest BCUT2D eigenvalue weighted by Crippen LogP contribution is 2.19. The quantitative estimate of drug-likeness (QED) is 0.722. The molecule has 0 spiro atoms. The second-order valence-corrected chi connectivity index (χ2v) is 4.70. The van der Waals surface area contributed by atoms with Gasteiger partial charge in [0.05, 0.1) is 18.6 Å². The first-order valence-corrected chi connectivity index (χ1v) is 5.66. The number of nitrogens with one attached hydrogen (secondary N) is 1. The first kappa shape index (κ1) is 12.5. The van der Waals surface area contributed by atoms with E-state index in [-0.39, 0.29) is 30.0 Å². The number of nitrogens with two attached hydrogens (primary N) is 1. The summed E-state index contributed by atoms with van der Waals surface area (Å²) in [5.74, 6) is 0.128. The maximum absolute atomic E-state index is 11.8. The fourth-order valence-corrected chi connectivity index (χ4v) is 1.98. The Balaban J connectivity index is 2.29. The van der Waals surface area contributed by atoms with E-state index in [1.54, 1.807) is 0 Å². The van der Waals surface area contributed by atoms with Crippen LogP contribution in [0.15, 0.2) is 0 Å². The lowest BCUT2D eigenvalue weighted by molar-refractivity contribution is -0.125. The third-order valence-electron chi connectivity index (χ3n) is 2.68. The predicted octanol–water partition coefficient (Wildman–Crippen LogP) is 0.653. The normalized spacial score (nSPS) is 29.9. The highest BCUT2D eigenvalue weighted by molar-refractivity contribution is 5.79. The number of ether oxygens (including phenoxy) is 1. The molecule has 1 rings (SSSR count). The molecule has 4 atom stereocenters. The first-order chi connectivity index (χ1) is 6.99. The maximum atomic E-state index is 11.8. The van der Waals surface area contributed by atoms with Gasteiger partial charge < -0.3 is 15.8 Å². The van der Waals surface area contributed by atoms with Gasteiger partial charge in [-0.15, -0.1) is 0 Å². The summed E-state index contributed by atoms with van der Waals surface area (Å²) in [5.41, 5.74) is 5.67. The van der Waals surface area contributed by atoms with E-state index in [1.165, 1.54) is 0 Å². The minimum atomic E-state index is 0.0236. The minimum absolute atomic E-state index is 0.0236. The molecule has 0 aromatic heterocycles. The number of carbonyl (C=O) groups is 1. The van der Waals surface area contributed by atoms with Crippen LogP contribution in [0.2, 0.25) is 0 Å². The summed E-state index contributed by atoms with van der Waals surface area (Å²) in [6, 6.07) is 0.271. The number of rotatable bonds is 4. The predicted molar refractivity (Wildman–Crippen MR) is 59.4 cm³/mol. The molecular formula is C11H22N2O2. The largest absolute Gasteiger partial charge is 0.378 e. The van der Waals surface area contributed by atoms with Crippen LogP contribution in [0.4, 0.5) is 0 Å². The van der Waals surface area contributed by atoms with E-state index in [1.807, 2.05) is 20.8 Å². The third-order valence-corrected chi connectivity index (χ3v) is 2.68. The molecule has 1 aliphatic rings. The van der Waals surface area contributed by atoms with E-state index in [4.69, 9.17) is 10.5 Å². The topological polar surface area (TPSA) is 64.3 Å². The van der Waals surface area contributed by atoms with Crippen molar-refractivity contribution < 1.29 is 9.53 Å². The molecule has 1 saturated heterocycles. The van der Waals surface area contributed by atoms with Crippen LogP contribution >= 0.6 is 0 Å². The summed E-state index contributed by atoms with van der Waals surface area (Å²) >= 11 is 0. The molecule has 88 valence electrons. The molecule has 0 radical (unpaired) electrons. The molecule has 3 N–H and O–H groups in total. The van der Waals surface area contributed by atoms with E-state index in [0.717, 1.165) is 12.8 Å². The van der Waals surface area contributed by atoms with Crippen LogP contribution in [0, 0.1) is 5.92 Å². The Hall–Kier alpha value is -0.610. The number of carbonyl (C=O) groups excluding carboxylic acids is 1. The van der Waals surface area contributed by atoms with Crippen LogP contribution in [-0.4, -0.2) is 30.7 Å². The van der Waals surface area contributed by atoms with Gasteiger partial charge in [-0.1, -0.05) is 0 Å². The average molecular weight is 214 g/mol. The van der Waals surface area contributed by atoms with Crippen molar-refractivity contribution in [1.29, 1.82) is 0 Å². The van der Waals surface area contributed by atoms with Gasteiger partial charge in [0, 0.05) is 12.1 Å². The van der Waals surface area contributed by atoms with Crippen LogP contribution in [0.5, 0.6) is 0 Å². The maximum Gasteiger partial charge on any atom is 0.225 e. The summed E-state index contributed by atoms with van der Waals surface area (Å²) < 4.78 is 5.36. The standard InChI is InChI=1S/C11H22N2O2/c1-7(12)4-8(2)13-11(14)10-5-9(3)15-6-10/h7-10H,4-6,12H2,1-3H3,(H,13,14). The van der Waals surface area contributed by atoms with Crippen molar-refractivity contribution in [2.24, 2.45) is 11.7 Å². The third kappa shape index (κ3) is 4.18. The van der Waals surface area contributed by atoms with Gasteiger partial charge in [-0.05, 0) is 33.6 Å². The monoisotopic (exact) mass is 214 g/mol. The second-order valence-electron chi connectivity index (χ2n) is 4.70. The van der Waals surface area contributed by atoms with Crippen LogP contribution in [0.3, 0.4) is 0 Å². The lowest BCUT2D eigenvalue weighted by Gasteiger charge is -2.17. The number of hydrogen-bond acceptors (Lipinski definition) is 3. The SMILES string of the molecule is CC(N)CC(C)NC(=O)C1COC(C)C1. The molecule has 1 aliphatic heterocycles. The molecular weight excluding hydrogens is 192 g/mol. The Labute approximate surface area is 91.5 Å². The van der Waals surface area contributed by atoms with E-state index in [2.05, 4.69) is 5.32 Å². The average Bonchev–Trinajstić information content (AvgIpc) is 2.49. The van der Waals surface area contributed by atoms with Gasteiger partial charge in [0.1, 0.15) is 0 Å². The van der Waals surface area contributed by atoms with E-state index < -0.39 is 0 Å². The molecule has 0 bridgehead atoms. The van der Waals surface area contributed by atoms with Crippen LogP contribution in [0.1, 0.15) is 33.6 Å². The molecule has 1 heterocycles. The van der Waals surface area contributed by atoms with E-state index in [9.17, 15) is 4.79 Å². The zero-order valence-corrected chi connectivity index (χ0v) is 9.82. The minimum Gasteiger partial charge on any atom is -0.378 e. The Morgan fingerprint density at radius 2 is 2.27 bits per heavy atom. The fourth-order valence-electron chi connectivity index (χ4n) is 1.98. The van der Waals surface area contributed by atoms with Crippen molar-refractivity contribution in [2.45, 2.75) is 51.8 Å². The Bertz CT molecular complexity index is 219. The Kier molecular flexibility index (Phi) is 4.54. The first-order valence-electron chi connectivity index (χ1n) is 5.66. The van der Waals surface area contributed by atoms with Crippen LogP contribution in [0.25, 0.3) is 0 Å². The van der Waals surface area contributed by atoms with Crippen molar-refractivity contribution in [1.82, 2.24) is 5.32 Å². The van der Waals surface area contributed by atoms with Gasteiger partial charge in [0.2, 0.25) is 5.91 Å². The second kappa shape index (κ2) is 5.47. The summed E-state index contributed by atoms with van der Waals surface area (Å²) in [4.78, 5) is 11.8. The molecule has 0 aromatic carbocycles. The van der Waals surface area contributed by atoms with Crippen molar-refractivity contribution in [3.63, 3.8) is 0 Å². The lowest BCUT2D eigenvalue weighted by atomic mass is 10.0. The van der Waals surface area contributed by atoms with Gasteiger partial charge in [0.25, 0.3) is 0 Å². The molecule has 4 heteroatoms. The molecule has 4 nitrogen and oxygen atoms in total. The van der Waals surface area contributed by atoms with E-state index >= 15 is 0 Å². The summed E-state index contributed by atoms with van der Waals surface area (Å²) in [6.07, 6.45) is 1.86. The molecule has 4 unspecified atom stereocenters. The number of amides is 1. The number of hydrogen-bond donors (Lipinski definition) is 2. The Morgan fingerprint density at radius 1 is 1.60 bits per heavy atom. The summed E-state index contributed by atoms with van der Waals surface area (Å²) in [6.45, 7) is 6.49. The molecule has 0 aliphatic carbocycles. The van der Waals surface area contributed by atoms with Crippen molar-refractivity contribution in [2.75, 3.05) is 6.61 Å². The fraction of sp³-hybridized carbons (Fsp3) is 0.909. The van der Waals surface area contributed by atoms with E-state index in [0.29, 0.717) is 6.61 Å². The molecule has 0 aromatic rings. The van der Waals surface area contributed by atoms with Crippen molar-refractivity contribution in [3.05, 3.63) is 0 Å².